The number of carbonyl (C=O) groups excluding carboxylic acids is 1. The van der Waals surface area contributed by atoms with E-state index in [9.17, 15) is 27.2 Å². The van der Waals surface area contributed by atoms with Gasteiger partial charge >= 0.3 is 18.0 Å². The number of alkyl halides is 3. The summed E-state index contributed by atoms with van der Waals surface area (Å²) in [5, 5.41) is 0.0509. The van der Waals surface area contributed by atoms with Gasteiger partial charge in [0.05, 0.1) is 23.7 Å². The molecule has 1 amide bonds. The van der Waals surface area contributed by atoms with Gasteiger partial charge in [0.25, 0.3) is 0 Å². The van der Waals surface area contributed by atoms with Crippen molar-refractivity contribution in [1.29, 1.82) is 0 Å². The van der Waals surface area contributed by atoms with Gasteiger partial charge in [-0.1, -0.05) is 0 Å². The number of anilines is 1. The van der Waals surface area contributed by atoms with Gasteiger partial charge in [0.2, 0.25) is 0 Å². The predicted octanol–water partition coefficient (Wildman–Crippen LogP) is 5.93. The fourth-order valence-electron chi connectivity index (χ4n) is 5.44. The van der Waals surface area contributed by atoms with Crippen molar-refractivity contribution >= 4 is 34.6 Å². The van der Waals surface area contributed by atoms with E-state index in [1.807, 2.05) is 0 Å². The smallest absolute Gasteiger partial charge is 0.417 e. The van der Waals surface area contributed by atoms with E-state index >= 15 is 4.39 Å². The Morgan fingerprint density at radius 2 is 1.81 bits per heavy atom. The second-order valence-electron chi connectivity index (χ2n) is 11.6. The Morgan fingerprint density at radius 3 is 2.42 bits per heavy atom. The standard InChI is InChI=1S/C29H31F5N4O4S/c1-15-12-36(27(40)42-28(2,3)4)8-9-37(15)25-19-11-20(29(32,33)34)22(18-7-6-16(30)10-21(18)31)24-23(19)38(26(39)35-25)13-17(41-5)14-43-24/h6-7,10-11,15,17H,8-9,12-14H2,1-5H3/t15-,17+/m0/s1. The molecule has 2 atom stereocenters. The largest absolute Gasteiger partial charge is 0.444 e. The van der Waals surface area contributed by atoms with Crippen LogP contribution in [0.3, 0.4) is 0 Å². The van der Waals surface area contributed by atoms with Crippen LogP contribution < -0.4 is 10.6 Å². The molecular weight excluding hydrogens is 595 g/mol. The van der Waals surface area contributed by atoms with Gasteiger partial charge in [-0.3, -0.25) is 4.57 Å². The molecule has 0 N–H and O–H groups in total. The molecule has 3 aromatic rings. The van der Waals surface area contributed by atoms with Crippen LogP contribution in [0.15, 0.2) is 34.0 Å². The third-order valence-electron chi connectivity index (χ3n) is 7.39. The Hall–Kier alpha value is -3.39. The zero-order valence-electron chi connectivity index (χ0n) is 24.2. The molecule has 2 aliphatic heterocycles. The van der Waals surface area contributed by atoms with E-state index < -0.39 is 64.0 Å². The van der Waals surface area contributed by atoms with Crippen LogP contribution in [0, 0.1) is 11.6 Å². The first kappa shape index (κ1) is 31.0. The number of hydrogen-bond acceptors (Lipinski definition) is 7. The lowest BCUT2D eigenvalue weighted by molar-refractivity contribution is -0.137. The maximum atomic E-state index is 15.1. The van der Waals surface area contributed by atoms with Crippen molar-refractivity contribution in [3.63, 3.8) is 0 Å². The minimum atomic E-state index is -4.94. The van der Waals surface area contributed by atoms with Gasteiger partial charge in [-0.05, 0) is 45.9 Å². The maximum Gasteiger partial charge on any atom is 0.417 e. The molecule has 8 nitrogen and oxygen atoms in total. The molecule has 0 aliphatic carbocycles. The Kier molecular flexibility index (Phi) is 8.14. The van der Waals surface area contributed by atoms with E-state index in [1.165, 1.54) is 16.6 Å². The van der Waals surface area contributed by atoms with Crippen LogP contribution in [0.25, 0.3) is 22.0 Å². The number of halogens is 5. The molecule has 0 saturated carbocycles. The SMILES string of the molecule is CO[C@H]1CSc2c(-c3ccc(F)cc3F)c(C(F)(F)F)cc3c(N4CCN(C(=O)OC(C)(C)C)C[C@@H]4C)nc(=O)n(c23)C1. The van der Waals surface area contributed by atoms with Gasteiger partial charge < -0.3 is 19.3 Å². The molecule has 0 radical (unpaired) electrons. The van der Waals surface area contributed by atoms with Crippen LogP contribution in [0.4, 0.5) is 32.6 Å². The summed E-state index contributed by atoms with van der Waals surface area (Å²) in [5.41, 5.74) is -3.32. The molecular formula is C29H31F5N4O4S. The monoisotopic (exact) mass is 626 g/mol. The molecule has 232 valence electrons. The first-order valence-corrected chi connectivity index (χ1v) is 14.6. The Bertz CT molecular complexity index is 1640. The summed E-state index contributed by atoms with van der Waals surface area (Å²) in [5.74, 6) is -1.90. The van der Waals surface area contributed by atoms with Gasteiger partial charge in [0, 0.05) is 66.0 Å². The summed E-state index contributed by atoms with van der Waals surface area (Å²) in [6.07, 6.45) is -6.01. The number of carbonyl (C=O) groups is 1. The molecule has 2 aromatic carbocycles. The summed E-state index contributed by atoms with van der Waals surface area (Å²) in [4.78, 5) is 33.7. The van der Waals surface area contributed by atoms with Gasteiger partial charge in [-0.25, -0.2) is 18.4 Å². The second kappa shape index (κ2) is 11.3. The summed E-state index contributed by atoms with van der Waals surface area (Å²) < 4.78 is 85.4. The highest BCUT2D eigenvalue weighted by Crippen LogP contribution is 2.49. The third kappa shape index (κ3) is 6.03. The minimum absolute atomic E-state index is 0.0117. The van der Waals surface area contributed by atoms with Crippen molar-refractivity contribution in [1.82, 2.24) is 14.5 Å². The van der Waals surface area contributed by atoms with Crippen molar-refractivity contribution in [2.75, 3.05) is 37.4 Å². The molecule has 0 bridgehead atoms. The predicted molar refractivity (Wildman–Crippen MR) is 152 cm³/mol. The van der Waals surface area contributed by atoms with Crippen LogP contribution in [0.2, 0.25) is 0 Å². The Labute approximate surface area is 248 Å². The molecule has 0 unspecified atom stereocenters. The zero-order valence-corrected chi connectivity index (χ0v) is 25.0. The number of benzene rings is 2. The number of amides is 1. The number of thioether (sulfide) groups is 1. The molecule has 43 heavy (non-hydrogen) atoms. The Balaban J connectivity index is 1.74. The fraction of sp³-hybridized carbons (Fsp3) is 0.483. The van der Waals surface area contributed by atoms with Crippen LogP contribution in [0.1, 0.15) is 33.3 Å². The van der Waals surface area contributed by atoms with Gasteiger partial charge in [-0.2, -0.15) is 18.2 Å². The van der Waals surface area contributed by atoms with Crippen molar-refractivity contribution in [2.45, 2.75) is 63.1 Å². The summed E-state index contributed by atoms with van der Waals surface area (Å²) in [7, 11) is 1.43. The van der Waals surface area contributed by atoms with Crippen LogP contribution in [-0.4, -0.2) is 70.8 Å². The summed E-state index contributed by atoms with van der Waals surface area (Å²) in [6, 6.07) is 2.84. The second-order valence-corrected chi connectivity index (χ2v) is 12.6. The van der Waals surface area contributed by atoms with Crippen LogP contribution in [0.5, 0.6) is 0 Å². The molecule has 3 heterocycles. The van der Waals surface area contributed by atoms with Crippen LogP contribution in [-0.2, 0) is 22.2 Å². The summed E-state index contributed by atoms with van der Waals surface area (Å²) in [6.45, 7) is 7.56. The number of ether oxygens (including phenoxy) is 2. The molecule has 1 aromatic heterocycles. The number of nitrogens with zero attached hydrogens (tertiary/aromatic N) is 4. The molecule has 2 aliphatic rings. The highest BCUT2D eigenvalue weighted by Gasteiger charge is 2.40. The normalized spacial score (nSPS) is 19.5. The van der Waals surface area contributed by atoms with E-state index in [0.717, 1.165) is 30.0 Å². The van der Waals surface area contributed by atoms with Crippen molar-refractivity contribution < 1.29 is 36.2 Å². The van der Waals surface area contributed by atoms with Gasteiger partial charge in [0.15, 0.2) is 0 Å². The molecule has 0 spiro atoms. The van der Waals surface area contributed by atoms with Crippen molar-refractivity contribution in [2.24, 2.45) is 0 Å². The molecule has 1 fully saturated rings. The molecule has 14 heteroatoms. The first-order chi connectivity index (χ1) is 20.1. The van der Waals surface area contributed by atoms with Gasteiger partial charge in [-0.15, -0.1) is 11.8 Å². The highest BCUT2D eigenvalue weighted by molar-refractivity contribution is 7.99. The minimum Gasteiger partial charge on any atom is -0.444 e. The van der Waals surface area contributed by atoms with Gasteiger partial charge in [0.1, 0.15) is 23.1 Å². The number of hydrogen-bond donors (Lipinski definition) is 0. The fourth-order valence-corrected chi connectivity index (χ4v) is 6.76. The lowest BCUT2D eigenvalue weighted by atomic mass is 9.95. The van der Waals surface area contributed by atoms with E-state index in [-0.39, 0.29) is 53.5 Å². The zero-order chi connectivity index (χ0) is 31.4. The van der Waals surface area contributed by atoms with Crippen LogP contribution >= 0.6 is 11.8 Å². The average molecular weight is 627 g/mol. The maximum absolute atomic E-state index is 15.1. The summed E-state index contributed by atoms with van der Waals surface area (Å²) >= 11 is 1.01. The number of methoxy groups -OCH3 is 1. The third-order valence-corrected chi connectivity index (χ3v) is 8.61. The van der Waals surface area contributed by atoms with E-state index in [1.54, 1.807) is 32.6 Å². The number of aromatic nitrogens is 2. The molecule has 1 saturated heterocycles. The van der Waals surface area contributed by atoms with E-state index in [2.05, 4.69) is 4.98 Å². The lowest BCUT2D eigenvalue weighted by Crippen LogP contribution is -2.55. The van der Waals surface area contributed by atoms with E-state index in [4.69, 9.17) is 9.47 Å². The highest BCUT2D eigenvalue weighted by atomic mass is 32.2. The first-order valence-electron chi connectivity index (χ1n) is 13.6. The topological polar surface area (TPSA) is 76.9 Å². The Morgan fingerprint density at radius 1 is 1.09 bits per heavy atom. The van der Waals surface area contributed by atoms with Crippen molar-refractivity contribution in [3.05, 3.63) is 51.9 Å². The average Bonchev–Trinajstić information content (AvgIpc) is 3.10. The quantitative estimate of drug-likeness (QED) is 0.334. The number of rotatable bonds is 3. The van der Waals surface area contributed by atoms with Crippen molar-refractivity contribution in [3.8, 4) is 11.1 Å². The van der Waals surface area contributed by atoms with E-state index in [0.29, 0.717) is 6.07 Å². The lowest BCUT2D eigenvalue weighted by Gasteiger charge is -2.41. The number of piperazine rings is 1. The molecule has 5 rings (SSSR count).